The van der Waals surface area contributed by atoms with Crippen molar-refractivity contribution in [3.8, 4) is 0 Å². The number of amides is 1. The van der Waals surface area contributed by atoms with Crippen molar-refractivity contribution in [2.45, 2.75) is 56.4 Å². The zero-order chi connectivity index (χ0) is 16.3. The normalized spacial score (nSPS) is 22.9. The minimum atomic E-state index is -0.595. The Hall–Kier alpha value is -1.42. The molecule has 0 bridgehead atoms. The highest BCUT2D eigenvalue weighted by Crippen LogP contribution is 2.51. The molecule has 4 heteroatoms. The third kappa shape index (κ3) is 3.27. The molecular weight excluding hydrogens is 293 g/mol. The second kappa shape index (κ2) is 7.00. The maximum atomic E-state index is 14.2. The maximum Gasteiger partial charge on any atom is 0.233 e. The van der Waals surface area contributed by atoms with E-state index in [-0.39, 0.29) is 17.8 Å². The van der Waals surface area contributed by atoms with E-state index in [4.69, 9.17) is 4.74 Å². The molecule has 0 radical (unpaired) electrons. The molecule has 1 aromatic rings. The molecule has 1 saturated heterocycles. The Balaban J connectivity index is 1.76. The van der Waals surface area contributed by atoms with Gasteiger partial charge < -0.3 is 9.64 Å². The molecule has 0 unspecified atom stereocenters. The number of benzene rings is 1. The van der Waals surface area contributed by atoms with E-state index in [0.29, 0.717) is 5.56 Å². The van der Waals surface area contributed by atoms with Gasteiger partial charge in [0.2, 0.25) is 5.91 Å². The lowest BCUT2D eigenvalue weighted by Crippen LogP contribution is -2.48. The van der Waals surface area contributed by atoms with E-state index in [1.54, 1.807) is 19.2 Å². The lowest BCUT2D eigenvalue weighted by molar-refractivity contribution is -0.138. The van der Waals surface area contributed by atoms with E-state index in [9.17, 15) is 9.18 Å². The van der Waals surface area contributed by atoms with Crippen LogP contribution in [-0.2, 0) is 14.9 Å². The van der Waals surface area contributed by atoms with Crippen LogP contribution in [0.25, 0.3) is 0 Å². The molecule has 1 heterocycles. The summed E-state index contributed by atoms with van der Waals surface area (Å²) < 4.78 is 19.4. The number of piperidine rings is 1. The third-order valence-electron chi connectivity index (χ3n) is 5.32. The van der Waals surface area contributed by atoms with Gasteiger partial charge in [-0.1, -0.05) is 18.2 Å². The Morgan fingerprint density at radius 1 is 1.35 bits per heavy atom. The summed E-state index contributed by atoms with van der Waals surface area (Å²) in [6, 6.07) is 7.06. The summed E-state index contributed by atoms with van der Waals surface area (Å²) in [7, 11) is 1.71. The molecule has 1 aromatic carbocycles. The molecule has 3 nitrogen and oxygen atoms in total. The molecule has 2 fully saturated rings. The number of carbonyl (C=O) groups is 1. The van der Waals surface area contributed by atoms with Crippen molar-refractivity contribution in [2.75, 3.05) is 20.3 Å². The van der Waals surface area contributed by atoms with Crippen molar-refractivity contribution >= 4 is 5.91 Å². The van der Waals surface area contributed by atoms with E-state index in [2.05, 4.69) is 0 Å². The molecule has 1 saturated carbocycles. The maximum absolute atomic E-state index is 14.2. The van der Waals surface area contributed by atoms with Crippen molar-refractivity contribution < 1.29 is 13.9 Å². The standard InChI is InChI=1S/C19H26FNO2/c1-23-14-6-8-15-7-4-5-13-21(15)18(22)19(11-12-19)16-9-2-3-10-17(16)20/h2-3,9-10,15H,4-8,11-14H2,1H3/t15-/m1/s1. The second-order valence-corrected chi connectivity index (χ2v) is 6.85. The van der Waals surface area contributed by atoms with Gasteiger partial charge in [-0.15, -0.1) is 0 Å². The fourth-order valence-corrected chi connectivity index (χ4v) is 3.88. The zero-order valence-electron chi connectivity index (χ0n) is 13.9. The summed E-state index contributed by atoms with van der Waals surface area (Å²) in [5, 5.41) is 0. The molecule has 1 aliphatic heterocycles. The fourth-order valence-electron chi connectivity index (χ4n) is 3.88. The summed E-state index contributed by atoms with van der Waals surface area (Å²) >= 11 is 0. The number of nitrogens with zero attached hydrogens (tertiary/aromatic N) is 1. The van der Waals surface area contributed by atoms with Gasteiger partial charge in [0, 0.05) is 31.9 Å². The van der Waals surface area contributed by atoms with E-state index < -0.39 is 5.41 Å². The van der Waals surface area contributed by atoms with Crippen molar-refractivity contribution in [1.82, 2.24) is 4.90 Å². The second-order valence-electron chi connectivity index (χ2n) is 6.85. The molecular formula is C19H26FNO2. The first-order valence-electron chi connectivity index (χ1n) is 8.74. The van der Waals surface area contributed by atoms with Crippen LogP contribution < -0.4 is 0 Å². The van der Waals surface area contributed by atoms with Gasteiger partial charge in [-0.2, -0.15) is 0 Å². The van der Waals surface area contributed by atoms with E-state index in [0.717, 1.165) is 51.7 Å². The van der Waals surface area contributed by atoms with Crippen molar-refractivity contribution in [3.05, 3.63) is 35.6 Å². The van der Waals surface area contributed by atoms with Crippen LogP contribution in [-0.4, -0.2) is 37.1 Å². The first-order valence-corrected chi connectivity index (χ1v) is 8.74. The monoisotopic (exact) mass is 319 g/mol. The summed E-state index contributed by atoms with van der Waals surface area (Å²) in [6.07, 6.45) is 6.78. The first kappa shape index (κ1) is 16.4. The Morgan fingerprint density at radius 3 is 2.83 bits per heavy atom. The van der Waals surface area contributed by atoms with E-state index >= 15 is 0 Å². The van der Waals surface area contributed by atoms with Crippen LogP contribution in [0.15, 0.2) is 24.3 Å². The smallest absolute Gasteiger partial charge is 0.233 e. The van der Waals surface area contributed by atoms with Gasteiger partial charge in [0.05, 0.1) is 5.41 Å². The molecule has 2 aliphatic rings. The van der Waals surface area contributed by atoms with Crippen molar-refractivity contribution in [3.63, 3.8) is 0 Å². The van der Waals surface area contributed by atoms with Crippen LogP contribution in [0.3, 0.4) is 0 Å². The molecule has 0 aromatic heterocycles. The highest BCUT2D eigenvalue weighted by atomic mass is 19.1. The Bertz CT molecular complexity index is 556. The molecule has 1 atom stereocenters. The van der Waals surface area contributed by atoms with Gasteiger partial charge in [0.25, 0.3) is 0 Å². The van der Waals surface area contributed by atoms with Crippen LogP contribution in [0.1, 0.15) is 50.5 Å². The molecule has 0 N–H and O–H groups in total. The molecule has 3 rings (SSSR count). The SMILES string of the molecule is COCCC[C@H]1CCCCN1C(=O)C1(c2ccccc2F)CC1. The van der Waals surface area contributed by atoms with Crippen molar-refractivity contribution in [2.24, 2.45) is 0 Å². The summed E-state index contributed by atoms with van der Waals surface area (Å²) in [5.41, 5.74) is -0.00596. The number of hydrogen-bond donors (Lipinski definition) is 0. The number of halogens is 1. The van der Waals surface area contributed by atoms with Gasteiger partial charge in [-0.25, -0.2) is 4.39 Å². The highest BCUT2D eigenvalue weighted by molar-refractivity contribution is 5.91. The van der Waals surface area contributed by atoms with Crippen LogP contribution in [0.2, 0.25) is 0 Å². The van der Waals surface area contributed by atoms with Gasteiger partial charge in [-0.05, 0) is 51.0 Å². The number of likely N-dealkylation sites (tertiary alicyclic amines) is 1. The summed E-state index contributed by atoms with van der Waals surface area (Å²) in [4.78, 5) is 15.2. The Kier molecular flexibility index (Phi) is 5.00. The van der Waals surface area contributed by atoms with Crippen LogP contribution >= 0.6 is 0 Å². The Labute approximate surface area is 137 Å². The number of methoxy groups -OCH3 is 1. The molecule has 1 aliphatic carbocycles. The number of hydrogen-bond acceptors (Lipinski definition) is 2. The Morgan fingerprint density at radius 2 is 2.13 bits per heavy atom. The quantitative estimate of drug-likeness (QED) is 0.749. The molecule has 126 valence electrons. The number of rotatable bonds is 6. The van der Waals surface area contributed by atoms with Gasteiger partial charge in [-0.3, -0.25) is 4.79 Å². The molecule has 0 spiro atoms. The van der Waals surface area contributed by atoms with Gasteiger partial charge in [0.15, 0.2) is 0 Å². The van der Waals surface area contributed by atoms with E-state index in [1.807, 2.05) is 11.0 Å². The van der Waals surface area contributed by atoms with Crippen LogP contribution in [0.5, 0.6) is 0 Å². The van der Waals surface area contributed by atoms with Crippen molar-refractivity contribution in [1.29, 1.82) is 0 Å². The average Bonchev–Trinajstić information content (AvgIpc) is 3.37. The lowest BCUT2D eigenvalue weighted by atomic mass is 9.90. The predicted octanol–water partition coefficient (Wildman–Crippen LogP) is 3.67. The summed E-state index contributed by atoms with van der Waals surface area (Å²) in [6.45, 7) is 1.55. The van der Waals surface area contributed by atoms with Gasteiger partial charge in [0.1, 0.15) is 5.82 Å². The predicted molar refractivity (Wildman–Crippen MR) is 87.8 cm³/mol. The summed E-state index contributed by atoms with van der Waals surface area (Å²) in [5.74, 6) is -0.101. The highest BCUT2D eigenvalue weighted by Gasteiger charge is 2.55. The first-order chi connectivity index (χ1) is 11.2. The zero-order valence-corrected chi connectivity index (χ0v) is 13.9. The molecule has 23 heavy (non-hydrogen) atoms. The van der Waals surface area contributed by atoms with Gasteiger partial charge >= 0.3 is 0 Å². The lowest BCUT2D eigenvalue weighted by Gasteiger charge is -2.38. The number of carbonyl (C=O) groups excluding carboxylic acids is 1. The fraction of sp³-hybridized carbons (Fsp3) is 0.632. The third-order valence-corrected chi connectivity index (χ3v) is 5.32. The topological polar surface area (TPSA) is 29.5 Å². The molecule has 1 amide bonds. The van der Waals surface area contributed by atoms with E-state index in [1.165, 1.54) is 12.5 Å². The number of ether oxygens (including phenoxy) is 1. The minimum Gasteiger partial charge on any atom is -0.385 e. The van der Waals surface area contributed by atoms with Crippen LogP contribution in [0, 0.1) is 5.82 Å². The average molecular weight is 319 g/mol. The largest absolute Gasteiger partial charge is 0.385 e. The minimum absolute atomic E-state index is 0.143. The van der Waals surface area contributed by atoms with Crippen LogP contribution in [0.4, 0.5) is 4.39 Å².